The smallest absolute Gasteiger partial charge is 0.323 e. The molecule has 108 valence electrons. The number of aliphatic carboxylic acids is 1. The Kier molecular flexibility index (Phi) is 4.13. The number of hydrogen-bond acceptors (Lipinski definition) is 3. The summed E-state index contributed by atoms with van der Waals surface area (Å²) in [7, 11) is 1.72. The van der Waals surface area contributed by atoms with Gasteiger partial charge in [0.05, 0.1) is 5.69 Å². The fraction of sp³-hybridized carbons (Fsp3) is 0.462. The van der Waals surface area contributed by atoms with E-state index >= 15 is 0 Å². The third-order valence-corrected chi connectivity index (χ3v) is 3.61. The Labute approximate surface area is 121 Å². The first-order chi connectivity index (χ1) is 9.40. The molecule has 2 rings (SSSR count). The maximum Gasteiger partial charge on any atom is 0.323 e. The number of halogens is 1. The monoisotopic (exact) mass is 297 g/mol. The maximum absolute atomic E-state index is 12.1. The van der Waals surface area contributed by atoms with Gasteiger partial charge in [-0.05, 0) is 25.8 Å². The van der Waals surface area contributed by atoms with Crippen molar-refractivity contribution in [3.05, 3.63) is 22.5 Å². The summed E-state index contributed by atoms with van der Waals surface area (Å²) in [6.45, 7) is 1.53. The van der Waals surface area contributed by atoms with Crippen LogP contribution in [0.3, 0.4) is 0 Å². The lowest BCUT2D eigenvalue weighted by atomic mass is 10.2. The molecule has 1 aromatic heterocycles. The second-order valence-corrected chi connectivity index (χ2v) is 5.20. The number of carboxylic acid groups (broad SMARTS) is 1. The van der Waals surface area contributed by atoms with Crippen molar-refractivity contribution in [3.63, 3.8) is 0 Å². The molecule has 1 saturated carbocycles. The second kappa shape index (κ2) is 5.66. The molecule has 0 unspecified atom stereocenters. The van der Waals surface area contributed by atoms with Crippen LogP contribution in [0, 0.1) is 6.92 Å². The van der Waals surface area contributed by atoms with Crippen LogP contribution in [-0.4, -0.2) is 44.3 Å². The Balaban J connectivity index is 2.12. The molecule has 1 aliphatic rings. The van der Waals surface area contributed by atoms with Crippen LogP contribution >= 0.6 is 11.6 Å². The Morgan fingerprint density at radius 2 is 2.20 bits per heavy atom. The molecule has 0 spiro atoms. The third-order valence-electron chi connectivity index (χ3n) is 3.17. The van der Waals surface area contributed by atoms with Gasteiger partial charge in [-0.1, -0.05) is 11.6 Å². The van der Waals surface area contributed by atoms with Gasteiger partial charge in [-0.25, -0.2) is 0 Å². The van der Waals surface area contributed by atoms with Crippen molar-refractivity contribution in [3.8, 4) is 0 Å². The quantitative estimate of drug-likeness (QED) is 0.835. The molecule has 0 bridgehead atoms. The van der Waals surface area contributed by atoms with E-state index in [1.54, 1.807) is 20.0 Å². The predicted molar refractivity (Wildman–Crippen MR) is 74.4 cm³/mol. The number of carbonyl (C=O) groups excluding carboxylic acids is 1. The van der Waals surface area contributed by atoms with E-state index in [2.05, 4.69) is 5.10 Å². The summed E-state index contributed by atoms with van der Waals surface area (Å²) in [5.74, 6) is -1.32. The van der Waals surface area contributed by atoms with Crippen LogP contribution in [0.5, 0.6) is 0 Å². The van der Waals surface area contributed by atoms with Crippen LogP contribution in [0.25, 0.3) is 6.08 Å². The van der Waals surface area contributed by atoms with Crippen molar-refractivity contribution in [2.24, 2.45) is 7.05 Å². The molecule has 1 N–H and O–H groups in total. The highest BCUT2D eigenvalue weighted by Crippen LogP contribution is 2.27. The van der Waals surface area contributed by atoms with Crippen molar-refractivity contribution in [2.45, 2.75) is 25.8 Å². The van der Waals surface area contributed by atoms with Gasteiger partial charge in [-0.15, -0.1) is 0 Å². The number of hydrogen-bond donors (Lipinski definition) is 1. The van der Waals surface area contributed by atoms with E-state index in [0.29, 0.717) is 10.7 Å². The van der Waals surface area contributed by atoms with Crippen LogP contribution in [0.2, 0.25) is 5.15 Å². The molecule has 1 fully saturated rings. The van der Waals surface area contributed by atoms with Gasteiger partial charge in [0, 0.05) is 24.7 Å². The summed E-state index contributed by atoms with van der Waals surface area (Å²) in [5.41, 5.74) is 1.39. The van der Waals surface area contributed by atoms with Gasteiger partial charge in [0.1, 0.15) is 11.7 Å². The van der Waals surface area contributed by atoms with Crippen molar-refractivity contribution in [1.29, 1.82) is 0 Å². The molecule has 0 aromatic carbocycles. The van der Waals surface area contributed by atoms with Gasteiger partial charge in [-0.3, -0.25) is 14.3 Å². The molecule has 0 atom stereocenters. The molecule has 1 aliphatic carbocycles. The van der Waals surface area contributed by atoms with Crippen molar-refractivity contribution in [2.75, 3.05) is 6.54 Å². The Hall–Kier alpha value is -1.82. The van der Waals surface area contributed by atoms with E-state index in [1.807, 2.05) is 0 Å². The van der Waals surface area contributed by atoms with Gasteiger partial charge >= 0.3 is 5.97 Å². The van der Waals surface area contributed by atoms with E-state index in [-0.39, 0.29) is 18.5 Å². The Morgan fingerprint density at radius 3 is 2.65 bits per heavy atom. The van der Waals surface area contributed by atoms with Gasteiger partial charge in [0.25, 0.3) is 0 Å². The standard InChI is InChI=1S/C13H16ClN3O3/c1-8-10(13(14)16(2)15-8)5-6-11(18)17(7-12(19)20)9-3-4-9/h5-6,9H,3-4,7H2,1-2H3,(H,19,20)/b6-5-. The number of carbonyl (C=O) groups is 2. The molecular formula is C13H16ClN3O3. The van der Waals surface area contributed by atoms with Crippen LogP contribution in [0.1, 0.15) is 24.1 Å². The average Bonchev–Trinajstić information content (AvgIpc) is 3.15. The predicted octanol–water partition coefficient (Wildman–Crippen LogP) is 1.47. The van der Waals surface area contributed by atoms with Crippen LogP contribution < -0.4 is 0 Å². The highest BCUT2D eigenvalue weighted by molar-refractivity contribution is 6.31. The molecule has 0 radical (unpaired) electrons. The summed E-state index contributed by atoms with van der Waals surface area (Å²) in [6.07, 6.45) is 4.67. The van der Waals surface area contributed by atoms with Gasteiger partial charge in [-0.2, -0.15) is 5.10 Å². The van der Waals surface area contributed by atoms with Crippen LogP contribution in [0.4, 0.5) is 0 Å². The van der Waals surface area contributed by atoms with Crippen molar-refractivity contribution in [1.82, 2.24) is 14.7 Å². The third kappa shape index (κ3) is 3.19. The number of aromatic nitrogens is 2. The lowest BCUT2D eigenvalue weighted by Gasteiger charge is -2.17. The summed E-state index contributed by atoms with van der Waals surface area (Å²) in [6, 6.07) is 0.0497. The number of carboxylic acids is 1. The van der Waals surface area contributed by atoms with E-state index in [0.717, 1.165) is 18.5 Å². The first kappa shape index (κ1) is 14.6. The average molecular weight is 298 g/mol. The van der Waals surface area contributed by atoms with Crippen molar-refractivity contribution < 1.29 is 14.7 Å². The van der Waals surface area contributed by atoms with Gasteiger partial charge in [0.2, 0.25) is 5.91 Å². The Bertz CT molecular complexity index is 576. The summed E-state index contributed by atoms with van der Waals surface area (Å²) >= 11 is 6.07. The molecule has 20 heavy (non-hydrogen) atoms. The minimum Gasteiger partial charge on any atom is -0.480 e. The lowest BCUT2D eigenvalue weighted by molar-refractivity contribution is -0.143. The van der Waals surface area contributed by atoms with Crippen LogP contribution in [-0.2, 0) is 16.6 Å². The molecule has 0 aliphatic heterocycles. The van der Waals surface area contributed by atoms with Gasteiger partial charge < -0.3 is 10.0 Å². The van der Waals surface area contributed by atoms with E-state index in [4.69, 9.17) is 16.7 Å². The zero-order valence-corrected chi connectivity index (χ0v) is 12.1. The summed E-state index contributed by atoms with van der Waals surface area (Å²) < 4.78 is 1.52. The fourth-order valence-electron chi connectivity index (χ4n) is 2.00. The maximum atomic E-state index is 12.1. The largest absolute Gasteiger partial charge is 0.480 e. The normalized spacial score (nSPS) is 14.8. The zero-order chi connectivity index (χ0) is 14.9. The Morgan fingerprint density at radius 1 is 1.55 bits per heavy atom. The van der Waals surface area contributed by atoms with E-state index in [1.165, 1.54) is 15.7 Å². The summed E-state index contributed by atoms with van der Waals surface area (Å²) in [4.78, 5) is 24.2. The topological polar surface area (TPSA) is 75.4 Å². The lowest BCUT2D eigenvalue weighted by Crippen LogP contribution is -2.36. The minimum absolute atomic E-state index is 0.0497. The molecule has 6 nitrogen and oxygen atoms in total. The number of rotatable bonds is 5. The molecule has 1 aromatic rings. The van der Waals surface area contributed by atoms with Crippen LogP contribution in [0.15, 0.2) is 6.08 Å². The van der Waals surface area contributed by atoms with Gasteiger partial charge in [0.15, 0.2) is 0 Å². The summed E-state index contributed by atoms with van der Waals surface area (Å²) in [5, 5.41) is 13.4. The molecule has 7 heteroatoms. The SMILES string of the molecule is Cc1nn(C)c(Cl)c1/C=C\C(=O)N(CC(=O)O)C1CC1. The number of aryl methyl sites for hydroxylation is 2. The zero-order valence-electron chi connectivity index (χ0n) is 11.3. The molecule has 1 heterocycles. The number of nitrogens with zero attached hydrogens (tertiary/aromatic N) is 3. The first-order valence-corrected chi connectivity index (χ1v) is 6.67. The molecule has 0 saturated heterocycles. The number of amides is 1. The van der Waals surface area contributed by atoms with E-state index in [9.17, 15) is 9.59 Å². The highest BCUT2D eigenvalue weighted by Gasteiger charge is 2.32. The second-order valence-electron chi connectivity index (χ2n) is 4.84. The van der Waals surface area contributed by atoms with E-state index < -0.39 is 5.97 Å². The highest BCUT2D eigenvalue weighted by atomic mass is 35.5. The first-order valence-electron chi connectivity index (χ1n) is 6.29. The molecular weight excluding hydrogens is 282 g/mol. The fourth-order valence-corrected chi connectivity index (χ4v) is 2.24. The molecule has 1 amide bonds. The minimum atomic E-state index is -1.01. The van der Waals surface area contributed by atoms with Crippen molar-refractivity contribution >= 4 is 29.6 Å².